The highest BCUT2D eigenvalue weighted by Gasteiger charge is 2.38. The highest BCUT2D eigenvalue weighted by Crippen LogP contribution is 2.27. The van der Waals surface area contributed by atoms with Gasteiger partial charge in [-0.05, 0) is 27.7 Å². The summed E-state index contributed by atoms with van der Waals surface area (Å²) < 4.78 is 28.7. The van der Waals surface area contributed by atoms with Crippen LogP contribution in [0.3, 0.4) is 0 Å². The van der Waals surface area contributed by atoms with Gasteiger partial charge in [-0.1, -0.05) is 6.92 Å². The maximum atomic E-state index is 12.8. The Balaban J connectivity index is 3.46. The van der Waals surface area contributed by atoms with E-state index in [1.807, 2.05) is 20.8 Å². The zero-order valence-corrected chi connectivity index (χ0v) is 13.4. The van der Waals surface area contributed by atoms with E-state index in [1.165, 1.54) is 4.31 Å². The lowest BCUT2D eigenvalue weighted by Crippen LogP contribution is -2.52. The van der Waals surface area contributed by atoms with E-state index in [2.05, 4.69) is 5.10 Å². The molecule has 0 aliphatic heterocycles. The molecule has 0 amide bonds. The molecule has 0 aliphatic carbocycles. The highest BCUT2D eigenvalue weighted by atomic mass is 32.2. The van der Waals surface area contributed by atoms with Gasteiger partial charge in [0.2, 0.25) is 10.0 Å². The molecule has 0 fully saturated rings. The molecule has 7 heteroatoms. The van der Waals surface area contributed by atoms with Gasteiger partial charge < -0.3 is 5.73 Å². The Kier molecular flexibility index (Phi) is 4.44. The summed E-state index contributed by atoms with van der Waals surface area (Å²) in [6, 6.07) is 0. The molecular weight excluding hydrogens is 264 g/mol. The molecular formula is C12H24N4O2S. The van der Waals surface area contributed by atoms with Crippen molar-refractivity contribution in [2.24, 2.45) is 12.8 Å². The van der Waals surface area contributed by atoms with Crippen molar-refractivity contribution in [1.29, 1.82) is 0 Å². The largest absolute Gasteiger partial charge is 0.329 e. The Hall–Kier alpha value is -0.920. The molecule has 1 aromatic rings. The van der Waals surface area contributed by atoms with Gasteiger partial charge in [-0.2, -0.15) is 9.40 Å². The van der Waals surface area contributed by atoms with Crippen molar-refractivity contribution in [1.82, 2.24) is 14.1 Å². The molecule has 1 heterocycles. The molecule has 1 rings (SSSR count). The van der Waals surface area contributed by atoms with E-state index in [0.29, 0.717) is 22.8 Å². The van der Waals surface area contributed by atoms with Crippen molar-refractivity contribution in [2.75, 3.05) is 13.1 Å². The van der Waals surface area contributed by atoms with Crippen molar-refractivity contribution < 1.29 is 8.42 Å². The van der Waals surface area contributed by atoms with E-state index in [4.69, 9.17) is 5.73 Å². The third-order valence-electron chi connectivity index (χ3n) is 3.45. The molecule has 2 N–H and O–H groups in total. The number of nitrogens with two attached hydrogens (primary N) is 1. The van der Waals surface area contributed by atoms with E-state index < -0.39 is 15.6 Å². The lowest BCUT2D eigenvalue weighted by atomic mass is 10.1. The van der Waals surface area contributed by atoms with Gasteiger partial charge in [0, 0.05) is 25.7 Å². The van der Waals surface area contributed by atoms with Crippen LogP contribution in [0.2, 0.25) is 0 Å². The summed E-state index contributed by atoms with van der Waals surface area (Å²) in [6.45, 7) is 9.58. The monoisotopic (exact) mass is 288 g/mol. The fourth-order valence-corrected chi connectivity index (χ4v) is 4.47. The van der Waals surface area contributed by atoms with Crippen molar-refractivity contribution in [2.45, 2.75) is 45.1 Å². The van der Waals surface area contributed by atoms with Gasteiger partial charge in [0.1, 0.15) is 4.90 Å². The molecule has 19 heavy (non-hydrogen) atoms. The first kappa shape index (κ1) is 16.1. The maximum Gasteiger partial charge on any atom is 0.247 e. The molecule has 6 nitrogen and oxygen atoms in total. The zero-order chi connectivity index (χ0) is 15.0. The van der Waals surface area contributed by atoms with Crippen LogP contribution in [0.1, 0.15) is 32.2 Å². The molecule has 0 unspecified atom stereocenters. The van der Waals surface area contributed by atoms with Crippen LogP contribution in [0.15, 0.2) is 4.90 Å². The molecule has 110 valence electrons. The second-order valence-corrected chi connectivity index (χ2v) is 7.11. The SMILES string of the molecule is CCN(C(C)(C)CN)S(=O)(=O)c1c(C)nn(C)c1C. The van der Waals surface area contributed by atoms with Crippen LogP contribution in [0.4, 0.5) is 0 Å². The van der Waals surface area contributed by atoms with Gasteiger partial charge in [0.15, 0.2) is 0 Å². The predicted octanol–water partition coefficient (Wildman–Crippen LogP) is 0.785. The van der Waals surface area contributed by atoms with Gasteiger partial charge in [-0.3, -0.25) is 4.68 Å². The predicted molar refractivity (Wildman–Crippen MR) is 75.4 cm³/mol. The normalized spacial score (nSPS) is 13.3. The van der Waals surface area contributed by atoms with Crippen molar-refractivity contribution >= 4 is 10.0 Å². The van der Waals surface area contributed by atoms with Gasteiger partial charge in [0.25, 0.3) is 0 Å². The van der Waals surface area contributed by atoms with Crippen LogP contribution in [0.5, 0.6) is 0 Å². The molecule has 1 aromatic heterocycles. The third-order valence-corrected chi connectivity index (χ3v) is 5.89. The Labute approximate surface area is 115 Å². The summed E-state index contributed by atoms with van der Waals surface area (Å²) in [5.74, 6) is 0. The minimum atomic E-state index is -3.59. The first-order valence-corrected chi connectivity index (χ1v) is 7.76. The van der Waals surface area contributed by atoms with Gasteiger partial charge in [-0.15, -0.1) is 0 Å². The van der Waals surface area contributed by atoms with E-state index in [0.717, 1.165) is 0 Å². The number of aromatic nitrogens is 2. The summed E-state index contributed by atoms with van der Waals surface area (Å²) in [6.07, 6.45) is 0. The average molecular weight is 288 g/mol. The van der Waals surface area contributed by atoms with E-state index in [-0.39, 0.29) is 6.54 Å². The summed E-state index contributed by atoms with van der Waals surface area (Å²) >= 11 is 0. The van der Waals surface area contributed by atoms with Crippen LogP contribution >= 0.6 is 0 Å². The number of hydrogen-bond donors (Lipinski definition) is 1. The lowest BCUT2D eigenvalue weighted by molar-refractivity contribution is 0.244. The third kappa shape index (κ3) is 2.68. The molecule has 0 saturated heterocycles. The van der Waals surface area contributed by atoms with Gasteiger partial charge in [-0.25, -0.2) is 8.42 Å². The van der Waals surface area contributed by atoms with Crippen molar-refractivity contribution in [3.05, 3.63) is 11.4 Å². The van der Waals surface area contributed by atoms with Crippen LogP contribution in [0.25, 0.3) is 0 Å². The Morgan fingerprint density at radius 1 is 1.37 bits per heavy atom. The van der Waals surface area contributed by atoms with E-state index >= 15 is 0 Å². The second kappa shape index (κ2) is 5.22. The second-order valence-electron chi connectivity index (χ2n) is 5.31. The minimum absolute atomic E-state index is 0.262. The summed E-state index contributed by atoms with van der Waals surface area (Å²) in [7, 11) is -1.85. The fraction of sp³-hybridized carbons (Fsp3) is 0.750. The summed E-state index contributed by atoms with van der Waals surface area (Å²) in [5.41, 5.74) is 6.25. The molecule has 0 atom stereocenters. The number of aryl methyl sites for hydroxylation is 2. The number of hydrogen-bond acceptors (Lipinski definition) is 4. The van der Waals surface area contributed by atoms with E-state index in [9.17, 15) is 8.42 Å². The van der Waals surface area contributed by atoms with E-state index in [1.54, 1.807) is 25.6 Å². The zero-order valence-electron chi connectivity index (χ0n) is 12.6. The van der Waals surface area contributed by atoms with Crippen molar-refractivity contribution in [3.8, 4) is 0 Å². The van der Waals surface area contributed by atoms with Crippen LogP contribution in [-0.2, 0) is 17.1 Å². The smallest absolute Gasteiger partial charge is 0.247 e. The summed E-state index contributed by atoms with van der Waals surface area (Å²) in [4.78, 5) is 0.290. The molecule has 0 spiro atoms. The maximum absolute atomic E-state index is 12.8. The molecule has 0 saturated carbocycles. The number of likely N-dealkylation sites (N-methyl/N-ethyl adjacent to an activating group) is 1. The quantitative estimate of drug-likeness (QED) is 0.868. The minimum Gasteiger partial charge on any atom is -0.329 e. The number of sulfonamides is 1. The van der Waals surface area contributed by atoms with Gasteiger partial charge in [0.05, 0.1) is 11.4 Å². The summed E-state index contributed by atoms with van der Waals surface area (Å²) in [5, 5.41) is 4.18. The topological polar surface area (TPSA) is 81.2 Å². The molecule has 0 bridgehead atoms. The first-order chi connectivity index (χ1) is 8.59. The molecule has 0 aliphatic rings. The number of nitrogens with zero attached hydrogens (tertiary/aromatic N) is 3. The highest BCUT2D eigenvalue weighted by molar-refractivity contribution is 7.89. The lowest BCUT2D eigenvalue weighted by Gasteiger charge is -2.35. The number of rotatable bonds is 5. The Morgan fingerprint density at radius 2 is 1.89 bits per heavy atom. The molecule has 0 aromatic carbocycles. The van der Waals surface area contributed by atoms with Crippen LogP contribution < -0.4 is 5.73 Å². The van der Waals surface area contributed by atoms with Crippen LogP contribution in [-0.4, -0.2) is 41.1 Å². The Morgan fingerprint density at radius 3 is 2.21 bits per heavy atom. The van der Waals surface area contributed by atoms with Crippen molar-refractivity contribution in [3.63, 3.8) is 0 Å². The average Bonchev–Trinajstić information content (AvgIpc) is 2.53. The standard InChI is InChI=1S/C12H24N4O2S/c1-7-16(12(4,5)8-13)19(17,18)11-9(2)14-15(6)10(11)3/h7-8,13H2,1-6H3. The van der Waals surface area contributed by atoms with Crippen LogP contribution in [0, 0.1) is 13.8 Å². The van der Waals surface area contributed by atoms with Gasteiger partial charge >= 0.3 is 0 Å². The molecule has 0 radical (unpaired) electrons. The fourth-order valence-electron chi connectivity index (χ4n) is 2.26. The first-order valence-electron chi connectivity index (χ1n) is 6.32. The Bertz CT molecular complexity index is 561.